The van der Waals surface area contributed by atoms with Crippen molar-refractivity contribution in [1.29, 1.82) is 0 Å². The van der Waals surface area contributed by atoms with Gasteiger partial charge in [-0.15, -0.1) is 22.0 Å². The predicted octanol–water partition coefficient (Wildman–Crippen LogP) is 3.72. The molecule has 25 heavy (non-hydrogen) atoms. The molecule has 0 amide bonds. The van der Waals surface area contributed by atoms with Crippen molar-refractivity contribution in [1.82, 2.24) is 24.7 Å². The van der Waals surface area contributed by atoms with Crippen molar-refractivity contribution < 1.29 is 0 Å². The summed E-state index contributed by atoms with van der Waals surface area (Å²) in [4.78, 5) is 1.11. The number of aryl methyl sites for hydroxylation is 2. The lowest BCUT2D eigenvalue weighted by molar-refractivity contribution is 0.727. The molecule has 3 aromatic rings. The summed E-state index contributed by atoms with van der Waals surface area (Å²) >= 11 is 9.51. The molecule has 0 aliphatic rings. The van der Waals surface area contributed by atoms with Gasteiger partial charge in [0.05, 0.1) is 10.7 Å². The molecule has 0 fully saturated rings. The zero-order valence-electron chi connectivity index (χ0n) is 14.0. The van der Waals surface area contributed by atoms with Crippen LogP contribution < -0.4 is 5.84 Å². The summed E-state index contributed by atoms with van der Waals surface area (Å²) < 4.78 is 3.20. The lowest BCUT2D eigenvalue weighted by atomic mass is 10.4. The SMILES string of the molecule is Cc1cc(C)n(-c2nnc(SCCCSc3ccccc3Cl)n2N)n1. The number of hydrogen-bond donors (Lipinski definition) is 1. The zero-order valence-corrected chi connectivity index (χ0v) is 16.4. The maximum absolute atomic E-state index is 6.16. The Morgan fingerprint density at radius 2 is 1.88 bits per heavy atom. The van der Waals surface area contributed by atoms with Gasteiger partial charge in [-0.3, -0.25) is 0 Å². The standard InChI is InChI=1S/C16H19ClN6S2/c1-11-10-12(2)23(21-11)15-19-20-16(22(15)18)25-9-5-8-24-14-7-4-3-6-13(14)17/h3-4,6-7,10H,5,8-9,18H2,1-2H3. The largest absolute Gasteiger partial charge is 0.334 e. The molecule has 0 spiro atoms. The van der Waals surface area contributed by atoms with Gasteiger partial charge < -0.3 is 5.84 Å². The third-order valence-corrected chi connectivity index (χ3v) is 6.09. The van der Waals surface area contributed by atoms with Crippen LogP contribution in [-0.2, 0) is 0 Å². The lowest BCUT2D eigenvalue weighted by Gasteiger charge is -2.05. The molecule has 0 saturated carbocycles. The van der Waals surface area contributed by atoms with Gasteiger partial charge in [-0.1, -0.05) is 35.5 Å². The number of thioether (sulfide) groups is 2. The molecule has 0 unspecified atom stereocenters. The van der Waals surface area contributed by atoms with E-state index in [0.29, 0.717) is 11.1 Å². The second-order valence-corrected chi connectivity index (χ2v) is 8.08. The zero-order chi connectivity index (χ0) is 17.8. The summed E-state index contributed by atoms with van der Waals surface area (Å²) in [7, 11) is 0. The number of nitrogens with two attached hydrogens (primary N) is 1. The summed E-state index contributed by atoms with van der Waals surface area (Å²) in [5.74, 6) is 8.55. The van der Waals surface area contributed by atoms with Crippen LogP contribution in [0.2, 0.25) is 5.02 Å². The van der Waals surface area contributed by atoms with E-state index in [-0.39, 0.29) is 0 Å². The summed E-state index contributed by atoms with van der Waals surface area (Å²) in [5, 5.41) is 14.2. The van der Waals surface area contributed by atoms with Crippen LogP contribution in [-0.4, -0.2) is 36.2 Å². The van der Waals surface area contributed by atoms with Gasteiger partial charge in [0.15, 0.2) is 0 Å². The van der Waals surface area contributed by atoms with Crippen molar-refractivity contribution in [3.05, 3.63) is 46.7 Å². The van der Waals surface area contributed by atoms with E-state index < -0.39 is 0 Å². The first kappa shape index (κ1) is 18.2. The van der Waals surface area contributed by atoms with Gasteiger partial charge in [0.25, 0.3) is 5.95 Å². The average molecular weight is 395 g/mol. The molecule has 0 radical (unpaired) electrons. The molecule has 9 heteroatoms. The first-order chi connectivity index (χ1) is 12.1. The van der Waals surface area contributed by atoms with Crippen LogP contribution in [0.3, 0.4) is 0 Å². The quantitative estimate of drug-likeness (QED) is 0.374. The number of aromatic nitrogens is 5. The number of benzene rings is 1. The minimum Gasteiger partial charge on any atom is -0.334 e. The van der Waals surface area contributed by atoms with E-state index in [1.807, 2.05) is 44.2 Å². The van der Waals surface area contributed by atoms with Crippen LogP contribution in [0.4, 0.5) is 0 Å². The van der Waals surface area contributed by atoms with Gasteiger partial charge >= 0.3 is 0 Å². The number of hydrogen-bond acceptors (Lipinski definition) is 6. The van der Waals surface area contributed by atoms with Crippen LogP contribution in [0.1, 0.15) is 17.8 Å². The Hall–Kier alpha value is -1.64. The van der Waals surface area contributed by atoms with Gasteiger partial charge in [0.2, 0.25) is 5.16 Å². The Balaban J connectivity index is 1.53. The van der Waals surface area contributed by atoms with Crippen molar-refractivity contribution in [3.63, 3.8) is 0 Å². The molecular weight excluding hydrogens is 376 g/mol. The van der Waals surface area contributed by atoms with Crippen molar-refractivity contribution in [2.75, 3.05) is 17.3 Å². The molecule has 2 heterocycles. The van der Waals surface area contributed by atoms with E-state index in [1.54, 1.807) is 28.2 Å². The molecule has 1 aromatic carbocycles. The highest BCUT2D eigenvalue weighted by Gasteiger charge is 2.14. The summed E-state index contributed by atoms with van der Waals surface area (Å²) in [6.07, 6.45) is 1.02. The van der Waals surface area contributed by atoms with E-state index >= 15 is 0 Å². The highest BCUT2D eigenvalue weighted by atomic mass is 35.5. The molecule has 3 rings (SSSR count). The minimum atomic E-state index is 0.526. The van der Waals surface area contributed by atoms with Crippen molar-refractivity contribution in [2.24, 2.45) is 0 Å². The van der Waals surface area contributed by atoms with Gasteiger partial charge in [0.1, 0.15) is 0 Å². The molecule has 0 saturated heterocycles. The first-order valence-corrected chi connectivity index (χ1v) is 10.2. The van der Waals surface area contributed by atoms with Gasteiger partial charge in [-0.2, -0.15) is 5.10 Å². The van der Waals surface area contributed by atoms with Gasteiger partial charge in [-0.25, -0.2) is 9.36 Å². The highest BCUT2D eigenvalue weighted by Crippen LogP contribution is 2.27. The third-order valence-electron chi connectivity index (χ3n) is 3.46. The van der Waals surface area contributed by atoms with Crippen LogP contribution in [0.25, 0.3) is 5.95 Å². The van der Waals surface area contributed by atoms with Crippen LogP contribution in [0.15, 0.2) is 40.4 Å². The molecule has 2 N–H and O–H groups in total. The maximum Gasteiger partial charge on any atom is 0.271 e. The van der Waals surface area contributed by atoms with E-state index in [0.717, 1.165) is 39.2 Å². The van der Waals surface area contributed by atoms with Crippen molar-refractivity contribution >= 4 is 35.1 Å². The smallest absolute Gasteiger partial charge is 0.271 e. The van der Waals surface area contributed by atoms with Crippen molar-refractivity contribution in [3.8, 4) is 5.95 Å². The topological polar surface area (TPSA) is 74.5 Å². The van der Waals surface area contributed by atoms with Crippen LogP contribution in [0.5, 0.6) is 0 Å². The fraction of sp³-hybridized carbons (Fsp3) is 0.312. The fourth-order valence-electron chi connectivity index (χ4n) is 2.31. The average Bonchev–Trinajstić information content (AvgIpc) is 3.10. The molecule has 6 nitrogen and oxygen atoms in total. The summed E-state index contributed by atoms with van der Waals surface area (Å²) in [6.45, 7) is 3.90. The Morgan fingerprint density at radius 3 is 2.60 bits per heavy atom. The number of rotatable bonds is 7. The Morgan fingerprint density at radius 1 is 1.12 bits per heavy atom. The number of nitrogens with zero attached hydrogens (tertiary/aromatic N) is 5. The van der Waals surface area contributed by atoms with Gasteiger partial charge in [-0.05, 0) is 44.2 Å². The molecule has 132 valence electrons. The first-order valence-electron chi connectivity index (χ1n) is 7.80. The minimum absolute atomic E-state index is 0.526. The van der Waals surface area contributed by atoms with E-state index in [4.69, 9.17) is 17.4 Å². The third kappa shape index (κ3) is 4.31. The van der Waals surface area contributed by atoms with Crippen LogP contribution >= 0.6 is 35.1 Å². The van der Waals surface area contributed by atoms with Crippen LogP contribution in [0, 0.1) is 13.8 Å². The fourth-order valence-corrected chi connectivity index (χ4v) is 4.47. The Labute approximate surface area is 160 Å². The number of halogens is 1. The number of nitrogen functional groups attached to an aromatic ring is 1. The summed E-state index contributed by atoms with van der Waals surface area (Å²) in [5.41, 5.74) is 1.90. The molecule has 0 aliphatic carbocycles. The molecule has 2 aromatic heterocycles. The molecule has 0 atom stereocenters. The highest BCUT2D eigenvalue weighted by molar-refractivity contribution is 8.00. The lowest BCUT2D eigenvalue weighted by Crippen LogP contribution is -2.17. The second kappa shape index (κ2) is 8.16. The van der Waals surface area contributed by atoms with E-state index in [2.05, 4.69) is 15.3 Å². The second-order valence-electron chi connectivity index (χ2n) is 5.47. The Bertz CT molecular complexity index is 860. The molecule has 0 bridgehead atoms. The van der Waals surface area contributed by atoms with E-state index in [9.17, 15) is 0 Å². The summed E-state index contributed by atoms with van der Waals surface area (Å²) in [6, 6.07) is 9.87. The maximum atomic E-state index is 6.16. The predicted molar refractivity (Wildman–Crippen MR) is 104 cm³/mol. The van der Waals surface area contributed by atoms with Gasteiger partial charge in [0, 0.05) is 16.3 Å². The molecular formula is C16H19ClN6S2. The normalized spacial score (nSPS) is 11.2. The van der Waals surface area contributed by atoms with E-state index in [1.165, 1.54) is 4.68 Å². The molecule has 0 aliphatic heterocycles. The monoisotopic (exact) mass is 394 g/mol. The Kier molecular flexibility index (Phi) is 5.93. The van der Waals surface area contributed by atoms with Crippen molar-refractivity contribution in [2.45, 2.75) is 30.3 Å².